The SMILES string of the molecule is COCCSCCSCCOSS. The fraction of sp³-hybridized carbons (Fsp3) is 1.00. The Kier molecular flexibility index (Phi) is 14.7. The molecule has 0 aromatic carbocycles. The molecule has 0 unspecified atom stereocenters. The molecule has 0 aliphatic carbocycles. The van der Waals surface area contributed by atoms with Crippen LogP contribution in [0.25, 0.3) is 0 Å². The van der Waals surface area contributed by atoms with Gasteiger partial charge in [0.1, 0.15) is 0 Å². The van der Waals surface area contributed by atoms with Gasteiger partial charge in [-0.1, -0.05) is 11.7 Å². The van der Waals surface area contributed by atoms with Crippen molar-refractivity contribution in [2.45, 2.75) is 0 Å². The molecule has 0 aromatic heterocycles. The summed E-state index contributed by atoms with van der Waals surface area (Å²) in [7, 11) is 1.74. The smallest absolute Gasteiger partial charge is 0.0714 e. The van der Waals surface area contributed by atoms with Gasteiger partial charge in [0.25, 0.3) is 0 Å². The Labute approximate surface area is 98.3 Å². The predicted octanol–water partition coefficient (Wildman–Crippen LogP) is 2.61. The standard InChI is InChI=1S/C7H16O2S4/c1-8-2-4-11-6-7-12-5-3-9-13-10/h10H,2-7H2,1H3. The number of ether oxygens (including phenoxy) is 1. The van der Waals surface area contributed by atoms with Crippen molar-refractivity contribution in [1.29, 1.82) is 0 Å². The summed E-state index contributed by atoms with van der Waals surface area (Å²) in [5.74, 6) is 4.54. The van der Waals surface area contributed by atoms with Gasteiger partial charge in [-0.3, -0.25) is 0 Å². The Morgan fingerprint density at radius 2 is 1.62 bits per heavy atom. The minimum atomic E-state index is 0.779. The van der Waals surface area contributed by atoms with Crippen LogP contribution in [0.1, 0.15) is 0 Å². The summed E-state index contributed by atoms with van der Waals surface area (Å²) in [6.45, 7) is 1.64. The van der Waals surface area contributed by atoms with Crippen LogP contribution in [-0.4, -0.2) is 43.3 Å². The molecule has 0 rings (SSSR count). The van der Waals surface area contributed by atoms with Gasteiger partial charge in [-0.15, -0.1) is 0 Å². The van der Waals surface area contributed by atoms with Gasteiger partial charge >= 0.3 is 0 Å². The maximum absolute atomic E-state index is 5.01. The lowest BCUT2D eigenvalue weighted by Gasteiger charge is -2.01. The molecule has 0 spiro atoms. The molecule has 0 fully saturated rings. The molecule has 0 aromatic rings. The van der Waals surface area contributed by atoms with Gasteiger partial charge in [0.05, 0.1) is 24.3 Å². The molecule has 2 nitrogen and oxygen atoms in total. The number of hydrogen-bond acceptors (Lipinski definition) is 6. The van der Waals surface area contributed by atoms with Crippen molar-refractivity contribution in [2.24, 2.45) is 0 Å². The third kappa shape index (κ3) is 13.3. The number of hydrogen-bond donors (Lipinski definition) is 1. The summed E-state index contributed by atoms with van der Waals surface area (Å²) in [5, 5.41) is 0. The second kappa shape index (κ2) is 13.3. The maximum atomic E-state index is 5.01. The van der Waals surface area contributed by atoms with E-state index in [0.29, 0.717) is 0 Å². The highest BCUT2D eigenvalue weighted by Gasteiger charge is 1.91. The van der Waals surface area contributed by atoms with Crippen LogP contribution in [0.4, 0.5) is 0 Å². The lowest BCUT2D eigenvalue weighted by atomic mass is 10.9. The minimum absolute atomic E-state index is 0.779. The van der Waals surface area contributed by atoms with E-state index in [1.807, 2.05) is 23.5 Å². The Morgan fingerprint density at radius 1 is 1.00 bits per heavy atom. The average Bonchev–Trinajstić information content (AvgIpc) is 2.16. The number of thioether (sulfide) groups is 2. The largest absolute Gasteiger partial charge is 0.384 e. The lowest BCUT2D eigenvalue weighted by Crippen LogP contribution is -1.96. The molecule has 0 aliphatic rings. The van der Waals surface area contributed by atoms with Crippen LogP contribution >= 0.6 is 46.3 Å². The summed E-state index contributed by atoms with van der Waals surface area (Å²) in [6.07, 6.45) is 0. The molecule has 0 saturated carbocycles. The fourth-order valence-corrected chi connectivity index (χ4v) is 2.92. The molecule has 80 valence electrons. The van der Waals surface area contributed by atoms with Crippen molar-refractivity contribution in [3.8, 4) is 0 Å². The third-order valence-electron chi connectivity index (χ3n) is 1.17. The quantitative estimate of drug-likeness (QED) is 0.281. The van der Waals surface area contributed by atoms with E-state index >= 15 is 0 Å². The van der Waals surface area contributed by atoms with E-state index in [0.717, 1.165) is 35.8 Å². The Balaban J connectivity index is 2.76. The first-order valence-corrected chi connectivity index (χ1v) is 8.09. The van der Waals surface area contributed by atoms with Crippen molar-refractivity contribution in [1.82, 2.24) is 0 Å². The van der Waals surface area contributed by atoms with Crippen molar-refractivity contribution in [3.05, 3.63) is 0 Å². The second-order valence-corrected chi connectivity index (χ2v) is 5.40. The molecular weight excluding hydrogens is 244 g/mol. The molecule has 0 heterocycles. The van der Waals surface area contributed by atoms with E-state index in [-0.39, 0.29) is 0 Å². The monoisotopic (exact) mass is 260 g/mol. The first-order chi connectivity index (χ1) is 6.41. The normalized spacial score (nSPS) is 10.6. The average molecular weight is 260 g/mol. The van der Waals surface area contributed by atoms with Crippen molar-refractivity contribution < 1.29 is 8.92 Å². The van der Waals surface area contributed by atoms with Gasteiger partial charge in [0, 0.05) is 30.1 Å². The summed E-state index contributed by atoms with van der Waals surface area (Å²) >= 11 is 8.86. The zero-order chi connectivity index (χ0) is 9.78. The van der Waals surface area contributed by atoms with Gasteiger partial charge in [-0.2, -0.15) is 23.5 Å². The van der Waals surface area contributed by atoms with Crippen LogP contribution in [0.2, 0.25) is 0 Å². The molecule has 0 N–H and O–H groups in total. The topological polar surface area (TPSA) is 18.5 Å². The van der Waals surface area contributed by atoms with E-state index in [1.165, 1.54) is 11.5 Å². The van der Waals surface area contributed by atoms with Gasteiger partial charge < -0.3 is 8.92 Å². The minimum Gasteiger partial charge on any atom is -0.384 e. The Morgan fingerprint density at radius 3 is 2.15 bits per heavy atom. The maximum Gasteiger partial charge on any atom is 0.0714 e. The van der Waals surface area contributed by atoms with Crippen LogP contribution in [0, 0.1) is 0 Å². The van der Waals surface area contributed by atoms with Crippen molar-refractivity contribution in [3.63, 3.8) is 0 Å². The second-order valence-electron chi connectivity index (χ2n) is 2.11. The van der Waals surface area contributed by atoms with E-state index in [4.69, 9.17) is 8.92 Å². The highest BCUT2D eigenvalue weighted by Crippen LogP contribution is 2.10. The first-order valence-electron chi connectivity index (χ1n) is 3.99. The van der Waals surface area contributed by atoms with Crippen LogP contribution in [-0.2, 0) is 8.92 Å². The molecule has 0 radical (unpaired) electrons. The van der Waals surface area contributed by atoms with Crippen LogP contribution in [0.3, 0.4) is 0 Å². The van der Waals surface area contributed by atoms with Crippen LogP contribution in [0.5, 0.6) is 0 Å². The van der Waals surface area contributed by atoms with Gasteiger partial charge in [0.15, 0.2) is 0 Å². The Bertz CT molecular complexity index is 84.6. The summed E-state index contributed by atoms with van der Waals surface area (Å²) < 4.78 is 9.95. The number of rotatable bonds is 10. The summed E-state index contributed by atoms with van der Waals surface area (Å²) in [4.78, 5) is 0. The van der Waals surface area contributed by atoms with Gasteiger partial charge in [0.2, 0.25) is 0 Å². The summed E-state index contributed by atoms with van der Waals surface area (Å²) in [5.41, 5.74) is 0. The van der Waals surface area contributed by atoms with Gasteiger partial charge in [-0.05, 0) is 0 Å². The van der Waals surface area contributed by atoms with E-state index in [9.17, 15) is 0 Å². The highest BCUT2D eigenvalue weighted by atomic mass is 33.1. The van der Waals surface area contributed by atoms with Gasteiger partial charge in [-0.25, -0.2) is 0 Å². The molecule has 13 heavy (non-hydrogen) atoms. The molecule has 0 amide bonds. The Hall–Kier alpha value is 1.32. The lowest BCUT2D eigenvalue weighted by molar-refractivity contribution is 0.218. The number of methoxy groups -OCH3 is 1. The molecule has 6 heteroatoms. The van der Waals surface area contributed by atoms with E-state index in [2.05, 4.69) is 11.7 Å². The zero-order valence-electron chi connectivity index (χ0n) is 7.73. The van der Waals surface area contributed by atoms with Crippen molar-refractivity contribution in [2.75, 3.05) is 43.3 Å². The highest BCUT2D eigenvalue weighted by molar-refractivity contribution is 8.66. The predicted molar refractivity (Wildman–Crippen MR) is 69.1 cm³/mol. The van der Waals surface area contributed by atoms with E-state index < -0.39 is 0 Å². The molecule has 0 atom stereocenters. The number of thiol groups is 1. The van der Waals surface area contributed by atoms with Crippen molar-refractivity contribution >= 4 is 46.3 Å². The van der Waals surface area contributed by atoms with Crippen LogP contribution in [0.15, 0.2) is 0 Å². The first kappa shape index (κ1) is 14.3. The molecule has 0 saturated heterocycles. The van der Waals surface area contributed by atoms with E-state index in [1.54, 1.807) is 7.11 Å². The fourth-order valence-electron chi connectivity index (χ4n) is 0.594. The third-order valence-corrected chi connectivity index (χ3v) is 3.91. The van der Waals surface area contributed by atoms with Crippen LogP contribution < -0.4 is 0 Å². The molecule has 0 aliphatic heterocycles. The zero-order valence-corrected chi connectivity index (χ0v) is 11.1. The summed E-state index contributed by atoms with van der Waals surface area (Å²) in [6, 6.07) is 0. The molecular formula is C7H16O2S4. The molecule has 0 bridgehead atoms.